The Bertz CT molecular complexity index is 815. The number of amides is 1. The Labute approximate surface area is 121 Å². The summed E-state index contributed by atoms with van der Waals surface area (Å²) in [7, 11) is 0. The number of fused-ring (bicyclic) bond motifs is 1. The number of pyridine rings is 1. The van der Waals surface area contributed by atoms with E-state index >= 15 is 0 Å². The van der Waals surface area contributed by atoms with Crippen LogP contribution < -0.4 is 5.43 Å². The zero-order valence-corrected chi connectivity index (χ0v) is 11.7. The van der Waals surface area contributed by atoms with Crippen LogP contribution in [0.1, 0.15) is 28.9 Å². The fourth-order valence-corrected chi connectivity index (χ4v) is 2.06. The van der Waals surface area contributed by atoms with Crippen molar-refractivity contribution in [1.82, 2.24) is 14.8 Å². The molecule has 0 bridgehead atoms. The van der Waals surface area contributed by atoms with Crippen LogP contribution in [-0.4, -0.2) is 21.0 Å². The van der Waals surface area contributed by atoms with Crippen molar-refractivity contribution in [3.63, 3.8) is 0 Å². The van der Waals surface area contributed by atoms with Gasteiger partial charge in [-0.1, -0.05) is 6.07 Å². The predicted octanol–water partition coefficient (Wildman–Crippen LogP) is 2.39. The van der Waals surface area contributed by atoms with Gasteiger partial charge in [-0.2, -0.15) is 5.10 Å². The average molecular weight is 282 g/mol. The summed E-state index contributed by atoms with van der Waals surface area (Å²) in [4.78, 5) is 16.5. The van der Waals surface area contributed by atoms with Gasteiger partial charge in [0.15, 0.2) is 5.69 Å². The van der Waals surface area contributed by atoms with E-state index in [0.29, 0.717) is 17.2 Å². The number of aromatic nitrogens is 2. The van der Waals surface area contributed by atoms with Gasteiger partial charge in [-0.15, -0.1) is 0 Å². The second-order valence-corrected chi connectivity index (χ2v) is 4.59. The standard InChI is InChI=1S/C15H14N4O2/c1-10(12-6-5-9-21-12)17-18-15(20)14-11(2)19-8-4-3-7-13(19)16-14/h3-9H,1-2H3,(H,18,20)/b17-10-. The van der Waals surface area contributed by atoms with Crippen molar-refractivity contribution in [2.45, 2.75) is 13.8 Å². The van der Waals surface area contributed by atoms with Gasteiger partial charge in [0, 0.05) is 6.20 Å². The molecule has 0 saturated heterocycles. The Kier molecular flexibility index (Phi) is 3.27. The zero-order chi connectivity index (χ0) is 14.8. The Morgan fingerprint density at radius 3 is 2.90 bits per heavy atom. The molecule has 0 spiro atoms. The molecule has 6 heteroatoms. The van der Waals surface area contributed by atoms with Crippen molar-refractivity contribution in [3.05, 3.63) is 59.9 Å². The van der Waals surface area contributed by atoms with E-state index in [-0.39, 0.29) is 5.91 Å². The summed E-state index contributed by atoms with van der Waals surface area (Å²) >= 11 is 0. The van der Waals surface area contributed by atoms with Gasteiger partial charge in [0.25, 0.3) is 5.91 Å². The lowest BCUT2D eigenvalue weighted by Gasteiger charge is -2.00. The normalized spacial score (nSPS) is 11.8. The molecule has 3 aromatic heterocycles. The number of nitrogens with one attached hydrogen (secondary N) is 1. The van der Waals surface area contributed by atoms with Gasteiger partial charge in [-0.25, -0.2) is 10.4 Å². The van der Waals surface area contributed by atoms with Gasteiger partial charge in [0.2, 0.25) is 0 Å². The van der Waals surface area contributed by atoms with Crippen molar-refractivity contribution in [2.24, 2.45) is 5.10 Å². The maximum atomic E-state index is 12.2. The number of hydrogen-bond acceptors (Lipinski definition) is 4. The number of carbonyl (C=O) groups excluding carboxylic acids is 1. The Morgan fingerprint density at radius 1 is 1.33 bits per heavy atom. The lowest BCUT2D eigenvalue weighted by Crippen LogP contribution is -2.20. The summed E-state index contributed by atoms with van der Waals surface area (Å²) in [5.41, 5.74) is 4.95. The van der Waals surface area contributed by atoms with Crippen LogP contribution in [0.2, 0.25) is 0 Å². The minimum Gasteiger partial charge on any atom is -0.463 e. The molecule has 21 heavy (non-hydrogen) atoms. The van der Waals surface area contributed by atoms with Gasteiger partial charge in [0.05, 0.1) is 12.0 Å². The molecule has 0 aliphatic rings. The lowest BCUT2D eigenvalue weighted by molar-refractivity contribution is 0.0949. The van der Waals surface area contributed by atoms with Crippen LogP contribution >= 0.6 is 0 Å². The van der Waals surface area contributed by atoms with Crippen molar-refractivity contribution in [1.29, 1.82) is 0 Å². The first-order valence-electron chi connectivity index (χ1n) is 6.49. The summed E-state index contributed by atoms with van der Waals surface area (Å²) in [6.07, 6.45) is 3.42. The molecular weight excluding hydrogens is 268 g/mol. The number of furan rings is 1. The molecule has 1 amide bonds. The number of nitrogens with zero attached hydrogens (tertiary/aromatic N) is 3. The van der Waals surface area contributed by atoms with Crippen LogP contribution in [0, 0.1) is 6.92 Å². The molecule has 0 saturated carbocycles. The van der Waals surface area contributed by atoms with Crippen LogP contribution in [0.4, 0.5) is 0 Å². The lowest BCUT2D eigenvalue weighted by atomic mass is 10.3. The number of aryl methyl sites for hydroxylation is 1. The van der Waals surface area contributed by atoms with E-state index < -0.39 is 0 Å². The van der Waals surface area contributed by atoms with Crippen LogP contribution in [0.15, 0.2) is 52.3 Å². The molecule has 0 unspecified atom stereocenters. The van der Waals surface area contributed by atoms with Gasteiger partial charge >= 0.3 is 0 Å². The molecule has 0 aliphatic carbocycles. The van der Waals surface area contributed by atoms with Gasteiger partial charge in [-0.05, 0) is 38.1 Å². The molecule has 0 radical (unpaired) electrons. The zero-order valence-electron chi connectivity index (χ0n) is 11.7. The van der Waals surface area contributed by atoms with E-state index in [9.17, 15) is 4.79 Å². The topological polar surface area (TPSA) is 71.9 Å². The van der Waals surface area contributed by atoms with Crippen LogP contribution in [0.25, 0.3) is 5.65 Å². The van der Waals surface area contributed by atoms with E-state index in [1.165, 1.54) is 0 Å². The summed E-state index contributed by atoms with van der Waals surface area (Å²) in [5.74, 6) is 0.268. The smallest absolute Gasteiger partial charge is 0.291 e. The predicted molar refractivity (Wildman–Crippen MR) is 78.3 cm³/mol. The molecule has 3 rings (SSSR count). The first kappa shape index (κ1) is 13.1. The molecule has 0 fully saturated rings. The highest BCUT2D eigenvalue weighted by molar-refractivity contribution is 5.99. The van der Waals surface area contributed by atoms with Crippen LogP contribution in [-0.2, 0) is 0 Å². The molecule has 6 nitrogen and oxygen atoms in total. The third-order valence-corrected chi connectivity index (χ3v) is 3.19. The highest BCUT2D eigenvalue weighted by Crippen LogP contribution is 2.11. The Morgan fingerprint density at radius 2 is 2.19 bits per heavy atom. The Hall–Kier alpha value is -2.89. The molecule has 3 aromatic rings. The van der Waals surface area contributed by atoms with Crippen LogP contribution in [0.3, 0.4) is 0 Å². The molecule has 106 valence electrons. The van der Waals surface area contributed by atoms with Crippen LogP contribution in [0.5, 0.6) is 0 Å². The van der Waals surface area contributed by atoms with Gasteiger partial charge in [0.1, 0.15) is 17.1 Å². The van der Waals surface area contributed by atoms with Crippen molar-refractivity contribution in [2.75, 3.05) is 0 Å². The fraction of sp³-hybridized carbons (Fsp3) is 0.133. The fourth-order valence-electron chi connectivity index (χ4n) is 2.06. The highest BCUT2D eigenvalue weighted by atomic mass is 16.3. The summed E-state index contributed by atoms with van der Waals surface area (Å²) in [6, 6.07) is 9.16. The first-order valence-corrected chi connectivity index (χ1v) is 6.49. The number of imidazole rings is 1. The summed E-state index contributed by atoms with van der Waals surface area (Å²) in [6.45, 7) is 3.60. The largest absolute Gasteiger partial charge is 0.463 e. The monoisotopic (exact) mass is 282 g/mol. The van der Waals surface area contributed by atoms with E-state index in [2.05, 4.69) is 15.5 Å². The number of rotatable bonds is 3. The van der Waals surface area contributed by atoms with Gasteiger partial charge < -0.3 is 8.82 Å². The van der Waals surface area contributed by atoms with Crippen molar-refractivity contribution in [3.8, 4) is 0 Å². The number of hydrogen-bond donors (Lipinski definition) is 1. The summed E-state index contributed by atoms with van der Waals surface area (Å²) < 4.78 is 7.06. The molecule has 3 heterocycles. The molecule has 0 aliphatic heterocycles. The maximum Gasteiger partial charge on any atom is 0.291 e. The second kappa shape index (κ2) is 5.24. The molecule has 0 atom stereocenters. The van der Waals surface area contributed by atoms with E-state index in [1.54, 1.807) is 25.3 Å². The third kappa shape index (κ3) is 2.43. The van der Waals surface area contributed by atoms with E-state index in [1.807, 2.05) is 35.7 Å². The molecular formula is C15H14N4O2. The van der Waals surface area contributed by atoms with E-state index in [0.717, 1.165) is 11.3 Å². The van der Waals surface area contributed by atoms with Crippen molar-refractivity contribution < 1.29 is 9.21 Å². The minimum absolute atomic E-state index is 0.345. The first-order chi connectivity index (χ1) is 10.2. The highest BCUT2D eigenvalue weighted by Gasteiger charge is 2.15. The number of hydrazone groups is 1. The maximum absolute atomic E-state index is 12.2. The third-order valence-electron chi connectivity index (χ3n) is 3.19. The summed E-state index contributed by atoms with van der Waals surface area (Å²) in [5, 5.41) is 4.03. The average Bonchev–Trinajstić information content (AvgIpc) is 3.13. The second-order valence-electron chi connectivity index (χ2n) is 4.59. The minimum atomic E-state index is -0.345. The van der Waals surface area contributed by atoms with E-state index in [4.69, 9.17) is 4.42 Å². The number of carbonyl (C=O) groups is 1. The quantitative estimate of drug-likeness (QED) is 0.592. The Balaban J connectivity index is 1.84. The van der Waals surface area contributed by atoms with Gasteiger partial charge in [-0.3, -0.25) is 4.79 Å². The SMILES string of the molecule is C/C(=N/NC(=O)c1nc2ccccn2c1C)c1ccco1. The molecule has 1 N–H and O–H groups in total. The molecule has 0 aromatic carbocycles. The van der Waals surface area contributed by atoms with Crippen molar-refractivity contribution >= 4 is 17.3 Å².